The number of aryl methyl sites for hydroxylation is 1. The van der Waals surface area contributed by atoms with E-state index in [1.165, 1.54) is 5.56 Å². The molecular weight excluding hydrogens is 306 g/mol. The predicted octanol–water partition coefficient (Wildman–Crippen LogP) is 2.83. The van der Waals surface area contributed by atoms with Gasteiger partial charge in [0, 0.05) is 37.3 Å². The van der Waals surface area contributed by atoms with Crippen LogP contribution in [0.25, 0.3) is 0 Å². The van der Waals surface area contributed by atoms with Gasteiger partial charge in [0.15, 0.2) is 0 Å². The lowest BCUT2D eigenvalue weighted by Crippen LogP contribution is -2.36. The molecule has 0 spiro atoms. The average molecular weight is 327 g/mol. The third-order valence-electron chi connectivity index (χ3n) is 4.97. The van der Waals surface area contributed by atoms with E-state index in [1.807, 2.05) is 25.1 Å². The Morgan fingerprint density at radius 3 is 2.96 bits per heavy atom. The normalized spacial score (nSPS) is 24.4. The third kappa shape index (κ3) is 2.91. The van der Waals surface area contributed by atoms with Crippen molar-refractivity contribution in [2.75, 3.05) is 6.54 Å². The highest BCUT2D eigenvalue weighted by molar-refractivity contribution is 7.07. The number of thiophene rings is 1. The van der Waals surface area contributed by atoms with Crippen LogP contribution in [0.3, 0.4) is 0 Å². The number of rotatable bonds is 4. The molecule has 120 valence electrons. The number of likely N-dealkylation sites (tertiary alicyclic amines) is 2. The van der Waals surface area contributed by atoms with Crippen molar-refractivity contribution in [1.82, 2.24) is 14.8 Å². The van der Waals surface area contributed by atoms with Crippen LogP contribution in [-0.4, -0.2) is 39.3 Å². The molecule has 2 aromatic heterocycles. The van der Waals surface area contributed by atoms with Crippen molar-refractivity contribution in [3.05, 3.63) is 52.0 Å². The molecule has 0 radical (unpaired) electrons. The van der Waals surface area contributed by atoms with Crippen molar-refractivity contribution in [3.63, 3.8) is 0 Å². The number of pyridine rings is 1. The van der Waals surface area contributed by atoms with Crippen LogP contribution in [0, 0.1) is 6.92 Å². The molecule has 4 nitrogen and oxygen atoms in total. The van der Waals surface area contributed by atoms with Gasteiger partial charge in [0.1, 0.15) is 0 Å². The Labute approximate surface area is 140 Å². The molecule has 2 fully saturated rings. The van der Waals surface area contributed by atoms with Crippen LogP contribution in [0.1, 0.15) is 29.8 Å². The molecular formula is C18H21N3OS. The van der Waals surface area contributed by atoms with Crippen LogP contribution in [0.2, 0.25) is 0 Å². The van der Waals surface area contributed by atoms with E-state index < -0.39 is 0 Å². The zero-order chi connectivity index (χ0) is 15.8. The van der Waals surface area contributed by atoms with Crippen LogP contribution < -0.4 is 0 Å². The number of carbonyl (C=O) groups is 1. The monoisotopic (exact) mass is 327 g/mol. The lowest BCUT2D eigenvalue weighted by molar-refractivity contribution is -0.129. The van der Waals surface area contributed by atoms with Crippen molar-refractivity contribution < 1.29 is 4.79 Å². The maximum Gasteiger partial charge on any atom is 0.224 e. The van der Waals surface area contributed by atoms with E-state index in [-0.39, 0.29) is 5.91 Å². The number of carbonyl (C=O) groups excluding carboxylic acids is 1. The van der Waals surface area contributed by atoms with Crippen LogP contribution in [0.15, 0.2) is 35.0 Å². The maximum absolute atomic E-state index is 12.5. The first-order valence-corrected chi connectivity index (χ1v) is 9.12. The van der Waals surface area contributed by atoms with Gasteiger partial charge in [-0.3, -0.25) is 14.7 Å². The summed E-state index contributed by atoms with van der Waals surface area (Å²) < 4.78 is 0. The number of fused-ring (bicyclic) bond motifs is 1. The fourth-order valence-corrected chi connectivity index (χ4v) is 4.55. The molecule has 2 aliphatic heterocycles. The minimum absolute atomic E-state index is 0.276. The maximum atomic E-state index is 12.5. The van der Waals surface area contributed by atoms with Gasteiger partial charge in [-0.05, 0) is 47.9 Å². The number of hydrogen-bond donors (Lipinski definition) is 0. The van der Waals surface area contributed by atoms with Crippen molar-refractivity contribution in [1.29, 1.82) is 0 Å². The molecule has 0 aromatic carbocycles. The van der Waals surface area contributed by atoms with Gasteiger partial charge < -0.3 is 4.90 Å². The Bertz CT molecular complexity index is 700. The number of amides is 1. The first kappa shape index (κ1) is 14.8. The quantitative estimate of drug-likeness (QED) is 0.866. The molecule has 0 aliphatic carbocycles. The Morgan fingerprint density at radius 1 is 1.26 bits per heavy atom. The molecule has 2 saturated heterocycles. The van der Waals surface area contributed by atoms with Gasteiger partial charge in [-0.25, -0.2) is 0 Å². The average Bonchev–Trinajstić information content (AvgIpc) is 3.22. The smallest absolute Gasteiger partial charge is 0.224 e. The Balaban J connectivity index is 1.48. The van der Waals surface area contributed by atoms with Gasteiger partial charge in [-0.2, -0.15) is 11.3 Å². The number of aromatic nitrogens is 1. The molecule has 0 saturated carbocycles. The molecule has 0 unspecified atom stereocenters. The fraction of sp³-hybridized carbons (Fsp3) is 0.444. The zero-order valence-corrected chi connectivity index (χ0v) is 14.1. The predicted molar refractivity (Wildman–Crippen MR) is 91.1 cm³/mol. The highest BCUT2D eigenvalue weighted by Crippen LogP contribution is 2.34. The van der Waals surface area contributed by atoms with Crippen LogP contribution in [-0.2, 0) is 17.9 Å². The van der Waals surface area contributed by atoms with Crippen molar-refractivity contribution in [3.8, 4) is 0 Å². The van der Waals surface area contributed by atoms with Gasteiger partial charge in [0.2, 0.25) is 5.91 Å². The van der Waals surface area contributed by atoms with Crippen LogP contribution >= 0.6 is 11.3 Å². The van der Waals surface area contributed by atoms with E-state index in [0.717, 1.165) is 30.9 Å². The molecule has 5 heteroatoms. The summed E-state index contributed by atoms with van der Waals surface area (Å²) in [6.07, 6.45) is 1.73. The van der Waals surface area contributed by atoms with Gasteiger partial charge in [0.25, 0.3) is 0 Å². The van der Waals surface area contributed by atoms with E-state index in [9.17, 15) is 4.79 Å². The summed E-state index contributed by atoms with van der Waals surface area (Å²) >= 11 is 1.74. The second kappa shape index (κ2) is 6.06. The Morgan fingerprint density at radius 2 is 2.17 bits per heavy atom. The first-order chi connectivity index (χ1) is 11.2. The summed E-state index contributed by atoms with van der Waals surface area (Å²) in [4.78, 5) is 21.6. The molecule has 0 bridgehead atoms. The van der Waals surface area contributed by atoms with Gasteiger partial charge in [-0.15, -0.1) is 0 Å². The van der Waals surface area contributed by atoms with Crippen LogP contribution in [0.5, 0.6) is 0 Å². The molecule has 2 atom stereocenters. The second-order valence-electron chi connectivity index (χ2n) is 6.52. The molecule has 4 heterocycles. The van der Waals surface area contributed by atoms with Crippen molar-refractivity contribution >= 4 is 17.2 Å². The summed E-state index contributed by atoms with van der Waals surface area (Å²) in [6.45, 7) is 4.69. The highest BCUT2D eigenvalue weighted by Gasteiger charge is 2.46. The Hall–Kier alpha value is -1.72. The summed E-state index contributed by atoms with van der Waals surface area (Å²) in [5.74, 6) is 0.276. The zero-order valence-electron chi connectivity index (χ0n) is 13.3. The topological polar surface area (TPSA) is 36.4 Å². The molecule has 1 amide bonds. The van der Waals surface area contributed by atoms with Gasteiger partial charge in [-0.1, -0.05) is 6.07 Å². The molecule has 4 rings (SSSR count). The summed E-state index contributed by atoms with van der Waals surface area (Å²) in [5.41, 5.74) is 3.37. The summed E-state index contributed by atoms with van der Waals surface area (Å²) in [5, 5.41) is 4.33. The molecule has 2 aliphatic rings. The second-order valence-corrected chi connectivity index (χ2v) is 7.30. The standard InChI is InChI=1S/C18H21N3OS/c1-13-3-2-4-15(19-13)11-21-16-5-7-20(17(16)9-18(21)22)10-14-6-8-23-12-14/h2-4,6,8,12,16-17H,5,7,9-11H2,1H3/t16-,17-/m1/s1. The Kier molecular flexibility index (Phi) is 3.91. The van der Waals surface area contributed by atoms with Crippen molar-refractivity contribution in [2.24, 2.45) is 0 Å². The van der Waals surface area contributed by atoms with Gasteiger partial charge >= 0.3 is 0 Å². The largest absolute Gasteiger partial charge is 0.332 e. The van der Waals surface area contributed by atoms with E-state index in [1.54, 1.807) is 11.3 Å². The third-order valence-corrected chi connectivity index (χ3v) is 5.71. The number of hydrogen-bond acceptors (Lipinski definition) is 4. The van der Waals surface area contributed by atoms with E-state index in [2.05, 4.69) is 31.6 Å². The van der Waals surface area contributed by atoms with E-state index >= 15 is 0 Å². The summed E-state index contributed by atoms with van der Waals surface area (Å²) in [7, 11) is 0. The van der Waals surface area contributed by atoms with E-state index in [4.69, 9.17) is 0 Å². The fourth-order valence-electron chi connectivity index (χ4n) is 3.89. The minimum Gasteiger partial charge on any atom is -0.332 e. The highest BCUT2D eigenvalue weighted by atomic mass is 32.1. The lowest BCUT2D eigenvalue weighted by atomic mass is 10.1. The molecule has 0 N–H and O–H groups in total. The van der Waals surface area contributed by atoms with Gasteiger partial charge in [0.05, 0.1) is 12.2 Å². The van der Waals surface area contributed by atoms with E-state index in [0.29, 0.717) is 25.0 Å². The lowest BCUT2D eigenvalue weighted by Gasteiger charge is -2.25. The van der Waals surface area contributed by atoms with Crippen molar-refractivity contribution in [2.45, 2.75) is 44.9 Å². The molecule has 23 heavy (non-hydrogen) atoms. The SMILES string of the molecule is Cc1cccc(CN2C(=O)C[C@@H]3[C@H]2CCN3Cc2ccsc2)n1. The summed E-state index contributed by atoms with van der Waals surface area (Å²) in [6, 6.07) is 8.94. The first-order valence-electron chi connectivity index (χ1n) is 8.18. The molecule has 2 aromatic rings. The number of nitrogens with zero attached hydrogens (tertiary/aromatic N) is 3. The minimum atomic E-state index is 0.276. The van der Waals surface area contributed by atoms with Crippen LogP contribution in [0.4, 0.5) is 0 Å².